The fourth-order valence-corrected chi connectivity index (χ4v) is 2.22. The molecular formula is C10H15N3O3. The minimum absolute atomic E-state index is 0.180. The van der Waals surface area contributed by atoms with Crippen LogP contribution in [0.15, 0.2) is 0 Å². The van der Waals surface area contributed by atoms with Crippen LogP contribution < -0.4 is 11.1 Å². The third-order valence-electron chi connectivity index (χ3n) is 3.10. The number of piperidine rings is 2. The zero-order chi connectivity index (χ0) is 11.7. The molecule has 2 fully saturated rings. The van der Waals surface area contributed by atoms with Gasteiger partial charge in [-0.2, -0.15) is 0 Å². The minimum atomic E-state index is -0.517. The molecule has 2 heterocycles. The van der Waals surface area contributed by atoms with Crippen LogP contribution in [0.3, 0.4) is 0 Å². The van der Waals surface area contributed by atoms with Gasteiger partial charge in [0.05, 0.1) is 6.04 Å². The van der Waals surface area contributed by atoms with Crippen molar-refractivity contribution in [3.63, 3.8) is 0 Å². The van der Waals surface area contributed by atoms with E-state index in [1.807, 2.05) is 0 Å². The van der Waals surface area contributed by atoms with Gasteiger partial charge in [-0.3, -0.25) is 19.7 Å². The van der Waals surface area contributed by atoms with Gasteiger partial charge in [-0.15, -0.1) is 0 Å². The monoisotopic (exact) mass is 225 g/mol. The number of carbonyl (C=O) groups excluding carboxylic acids is 3. The van der Waals surface area contributed by atoms with E-state index in [4.69, 9.17) is 5.73 Å². The zero-order valence-corrected chi connectivity index (χ0v) is 8.94. The molecule has 3 N–H and O–H groups in total. The molecule has 0 spiro atoms. The smallest absolute Gasteiger partial charge is 0.249 e. The number of hydrogen-bond acceptors (Lipinski definition) is 4. The van der Waals surface area contributed by atoms with Crippen molar-refractivity contribution in [2.75, 3.05) is 6.54 Å². The van der Waals surface area contributed by atoms with E-state index in [2.05, 4.69) is 5.32 Å². The predicted octanol–water partition coefficient (Wildman–Crippen LogP) is -1.26. The van der Waals surface area contributed by atoms with Crippen LogP contribution in [-0.4, -0.2) is 41.2 Å². The highest BCUT2D eigenvalue weighted by atomic mass is 16.2. The molecule has 2 aliphatic rings. The summed E-state index contributed by atoms with van der Waals surface area (Å²) < 4.78 is 0. The summed E-state index contributed by atoms with van der Waals surface area (Å²) in [4.78, 5) is 35.9. The largest absolute Gasteiger partial charge is 0.329 e. The Morgan fingerprint density at radius 1 is 1.25 bits per heavy atom. The van der Waals surface area contributed by atoms with E-state index in [1.165, 1.54) is 4.90 Å². The second-order valence-corrected chi connectivity index (χ2v) is 4.25. The first-order valence-electron chi connectivity index (χ1n) is 5.49. The Balaban J connectivity index is 2.09. The molecule has 16 heavy (non-hydrogen) atoms. The molecule has 2 rings (SSSR count). The first-order valence-corrected chi connectivity index (χ1v) is 5.49. The highest BCUT2D eigenvalue weighted by Gasteiger charge is 2.37. The van der Waals surface area contributed by atoms with Gasteiger partial charge >= 0.3 is 0 Å². The Hall–Kier alpha value is -1.43. The quantitative estimate of drug-likeness (QED) is 0.545. The van der Waals surface area contributed by atoms with Crippen LogP contribution in [0.2, 0.25) is 0 Å². The van der Waals surface area contributed by atoms with Crippen LogP contribution in [0, 0.1) is 0 Å². The number of hydrogen-bond donors (Lipinski definition) is 2. The average Bonchev–Trinajstić information content (AvgIpc) is 2.23. The first-order chi connectivity index (χ1) is 7.59. The molecule has 2 atom stereocenters. The summed E-state index contributed by atoms with van der Waals surface area (Å²) in [6.45, 7) is 0.554. The summed E-state index contributed by atoms with van der Waals surface area (Å²) in [5, 5.41) is 2.25. The molecule has 6 nitrogen and oxygen atoms in total. The van der Waals surface area contributed by atoms with Crippen LogP contribution in [-0.2, 0) is 14.4 Å². The predicted molar refractivity (Wildman–Crippen MR) is 55.1 cm³/mol. The van der Waals surface area contributed by atoms with E-state index in [1.54, 1.807) is 0 Å². The van der Waals surface area contributed by atoms with Crippen molar-refractivity contribution in [1.82, 2.24) is 10.2 Å². The number of imide groups is 1. The number of nitrogens with zero attached hydrogens (tertiary/aromatic N) is 1. The van der Waals surface area contributed by atoms with Crippen molar-refractivity contribution in [1.29, 1.82) is 0 Å². The molecule has 0 saturated carbocycles. The average molecular weight is 225 g/mol. The zero-order valence-electron chi connectivity index (χ0n) is 8.94. The second kappa shape index (κ2) is 4.21. The number of nitrogens with one attached hydrogen (secondary N) is 1. The molecule has 2 saturated heterocycles. The van der Waals surface area contributed by atoms with Crippen molar-refractivity contribution in [3.8, 4) is 0 Å². The van der Waals surface area contributed by atoms with E-state index in [9.17, 15) is 14.4 Å². The molecular weight excluding hydrogens is 210 g/mol. The molecule has 2 aliphatic heterocycles. The maximum absolute atomic E-state index is 11.8. The normalized spacial score (nSPS) is 31.6. The molecule has 0 aromatic rings. The third-order valence-corrected chi connectivity index (χ3v) is 3.10. The lowest BCUT2D eigenvalue weighted by Crippen LogP contribution is -2.59. The van der Waals surface area contributed by atoms with Crippen molar-refractivity contribution < 1.29 is 14.4 Å². The molecule has 0 radical (unpaired) electrons. The number of carbonyl (C=O) groups is 3. The Morgan fingerprint density at radius 2 is 2.00 bits per heavy atom. The van der Waals surface area contributed by atoms with Gasteiger partial charge in [0.2, 0.25) is 17.7 Å². The van der Waals surface area contributed by atoms with Gasteiger partial charge in [-0.05, 0) is 19.3 Å². The highest BCUT2D eigenvalue weighted by Crippen LogP contribution is 2.18. The van der Waals surface area contributed by atoms with Gasteiger partial charge in [0.25, 0.3) is 0 Å². The van der Waals surface area contributed by atoms with Crippen molar-refractivity contribution in [2.24, 2.45) is 5.73 Å². The van der Waals surface area contributed by atoms with E-state index >= 15 is 0 Å². The lowest BCUT2D eigenvalue weighted by Gasteiger charge is -2.37. The van der Waals surface area contributed by atoms with Crippen LogP contribution in [0.5, 0.6) is 0 Å². The van der Waals surface area contributed by atoms with E-state index in [-0.39, 0.29) is 24.1 Å². The Bertz CT molecular complexity index is 342. The lowest BCUT2D eigenvalue weighted by atomic mass is 9.98. The molecule has 2 unspecified atom stereocenters. The summed E-state index contributed by atoms with van der Waals surface area (Å²) in [6, 6.07) is -1.02. The van der Waals surface area contributed by atoms with E-state index in [0.717, 1.165) is 6.42 Å². The number of nitrogens with two attached hydrogens (primary N) is 1. The molecule has 88 valence electrons. The standard InChI is InChI=1S/C10H15N3O3/c11-6-2-1-5-13(10(6)16)7-3-4-8(14)12-9(7)15/h6-7H,1-5,11H2,(H,12,14,15). The minimum Gasteiger partial charge on any atom is -0.329 e. The van der Waals surface area contributed by atoms with Gasteiger partial charge in [-0.1, -0.05) is 0 Å². The first kappa shape index (κ1) is 11.1. The number of rotatable bonds is 1. The SMILES string of the molecule is NC1CCCN(C2CCC(=O)NC2=O)C1=O. The maximum atomic E-state index is 11.8. The van der Waals surface area contributed by atoms with Gasteiger partial charge in [0.1, 0.15) is 6.04 Å². The Kier molecular flexibility index (Phi) is 2.91. The van der Waals surface area contributed by atoms with Crippen molar-refractivity contribution >= 4 is 17.7 Å². The molecule has 3 amide bonds. The summed E-state index contributed by atoms with van der Waals surface area (Å²) in [7, 11) is 0. The van der Waals surface area contributed by atoms with E-state index in [0.29, 0.717) is 19.4 Å². The molecule has 0 bridgehead atoms. The number of likely N-dealkylation sites (tertiary alicyclic amines) is 1. The van der Waals surface area contributed by atoms with Crippen LogP contribution in [0.25, 0.3) is 0 Å². The van der Waals surface area contributed by atoms with Crippen LogP contribution >= 0.6 is 0 Å². The molecule has 0 aromatic heterocycles. The third kappa shape index (κ3) is 1.92. The van der Waals surface area contributed by atoms with Gasteiger partial charge in [-0.25, -0.2) is 0 Å². The molecule has 0 aromatic carbocycles. The van der Waals surface area contributed by atoms with Gasteiger partial charge in [0, 0.05) is 13.0 Å². The van der Waals surface area contributed by atoms with Gasteiger partial charge in [0.15, 0.2) is 0 Å². The lowest BCUT2D eigenvalue weighted by molar-refractivity contribution is -0.148. The topological polar surface area (TPSA) is 92.5 Å². The Morgan fingerprint density at radius 3 is 2.69 bits per heavy atom. The van der Waals surface area contributed by atoms with Crippen LogP contribution in [0.1, 0.15) is 25.7 Å². The van der Waals surface area contributed by atoms with Crippen LogP contribution in [0.4, 0.5) is 0 Å². The summed E-state index contributed by atoms with van der Waals surface area (Å²) in [5.74, 6) is -0.825. The fourth-order valence-electron chi connectivity index (χ4n) is 2.22. The van der Waals surface area contributed by atoms with Crippen molar-refractivity contribution in [3.05, 3.63) is 0 Å². The van der Waals surface area contributed by atoms with Crippen molar-refractivity contribution in [2.45, 2.75) is 37.8 Å². The van der Waals surface area contributed by atoms with Gasteiger partial charge < -0.3 is 10.6 Å². The number of amides is 3. The summed E-state index contributed by atoms with van der Waals surface area (Å²) >= 11 is 0. The maximum Gasteiger partial charge on any atom is 0.249 e. The Labute approximate surface area is 93.1 Å². The molecule has 0 aliphatic carbocycles. The summed E-state index contributed by atoms with van der Waals surface area (Å²) in [5.41, 5.74) is 5.66. The molecule has 6 heteroatoms. The fraction of sp³-hybridized carbons (Fsp3) is 0.700. The highest BCUT2D eigenvalue weighted by molar-refractivity contribution is 6.02. The van der Waals surface area contributed by atoms with E-state index < -0.39 is 12.1 Å². The second-order valence-electron chi connectivity index (χ2n) is 4.25. The summed E-state index contributed by atoms with van der Waals surface area (Å²) in [6.07, 6.45) is 2.17.